The molecule has 1 saturated carbocycles. The molecule has 2 atom stereocenters. The molecule has 0 spiro atoms. The average molecular weight is 277 g/mol. The van der Waals surface area contributed by atoms with Crippen molar-refractivity contribution in [1.29, 1.82) is 0 Å². The number of carbonyl (C=O) groups is 1. The van der Waals surface area contributed by atoms with E-state index in [9.17, 15) is 9.90 Å². The van der Waals surface area contributed by atoms with E-state index in [0.29, 0.717) is 17.4 Å². The monoisotopic (exact) mass is 277 g/mol. The first-order valence-corrected chi connectivity index (χ1v) is 7.25. The van der Waals surface area contributed by atoms with Crippen molar-refractivity contribution in [2.24, 2.45) is 11.8 Å². The number of carboxylic acids is 1. The molecule has 1 N–H and O–H groups in total. The van der Waals surface area contributed by atoms with Crippen molar-refractivity contribution in [1.82, 2.24) is 4.98 Å². The lowest BCUT2D eigenvalue weighted by molar-refractivity contribution is 0.0669. The lowest BCUT2D eigenvalue weighted by atomic mass is 9.82. The van der Waals surface area contributed by atoms with E-state index in [0.717, 1.165) is 18.5 Å². The van der Waals surface area contributed by atoms with Crippen LogP contribution in [0, 0.1) is 25.7 Å². The van der Waals surface area contributed by atoms with Gasteiger partial charge in [-0.1, -0.05) is 13.8 Å². The minimum Gasteiger partial charge on any atom is -0.477 e. The van der Waals surface area contributed by atoms with Crippen molar-refractivity contribution in [2.45, 2.75) is 53.1 Å². The van der Waals surface area contributed by atoms with E-state index >= 15 is 0 Å². The summed E-state index contributed by atoms with van der Waals surface area (Å²) in [4.78, 5) is 15.7. The van der Waals surface area contributed by atoms with Crippen LogP contribution in [0.2, 0.25) is 0 Å². The van der Waals surface area contributed by atoms with Gasteiger partial charge in [0, 0.05) is 5.69 Å². The summed E-state index contributed by atoms with van der Waals surface area (Å²) in [6, 6.07) is 1.78. The predicted octanol–water partition coefficient (Wildman–Crippen LogP) is 3.60. The minimum absolute atomic E-state index is 0.0700. The molecule has 110 valence electrons. The number of rotatable bonds is 3. The first kappa shape index (κ1) is 14.8. The number of hydrogen-bond acceptors (Lipinski definition) is 3. The zero-order valence-electron chi connectivity index (χ0n) is 12.6. The van der Waals surface area contributed by atoms with E-state index in [-0.39, 0.29) is 17.5 Å². The molecule has 1 fully saturated rings. The third kappa shape index (κ3) is 3.30. The first-order chi connectivity index (χ1) is 9.36. The highest BCUT2D eigenvalue weighted by molar-refractivity contribution is 5.91. The molecule has 0 saturated heterocycles. The molecule has 1 aromatic heterocycles. The van der Waals surface area contributed by atoms with Gasteiger partial charge in [-0.3, -0.25) is 0 Å². The van der Waals surface area contributed by atoms with Gasteiger partial charge in [0.05, 0.1) is 0 Å². The highest BCUT2D eigenvalue weighted by Crippen LogP contribution is 2.32. The smallest absolute Gasteiger partial charge is 0.341 e. The molecule has 4 heteroatoms. The van der Waals surface area contributed by atoms with E-state index in [1.165, 1.54) is 6.42 Å². The van der Waals surface area contributed by atoms with Crippen molar-refractivity contribution in [3.8, 4) is 5.88 Å². The van der Waals surface area contributed by atoms with Crippen molar-refractivity contribution >= 4 is 5.97 Å². The molecule has 1 aliphatic carbocycles. The molecule has 0 radical (unpaired) electrons. The lowest BCUT2D eigenvalue weighted by Gasteiger charge is -2.31. The minimum atomic E-state index is -0.970. The van der Waals surface area contributed by atoms with Crippen LogP contribution < -0.4 is 4.74 Å². The predicted molar refractivity (Wildman–Crippen MR) is 77.3 cm³/mol. The molecule has 0 aliphatic heterocycles. The number of aryl methyl sites for hydroxylation is 2. The van der Waals surface area contributed by atoms with Gasteiger partial charge in [0.1, 0.15) is 11.7 Å². The third-order valence-electron chi connectivity index (χ3n) is 3.94. The van der Waals surface area contributed by atoms with Gasteiger partial charge in [-0.2, -0.15) is 0 Å². The van der Waals surface area contributed by atoms with E-state index < -0.39 is 5.97 Å². The summed E-state index contributed by atoms with van der Waals surface area (Å²) in [5, 5.41) is 9.35. The van der Waals surface area contributed by atoms with Crippen LogP contribution in [0.15, 0.2) is 6.07 Å². The number of carboxylic acid groups (broad SMARTS) is 1. The number of ether oxygens (including phenoxy) is 1. The second-order valence-electron chi connectivity index (χ2n) is 6.22. The Hall–Kier alpha value is -1.58. The van der Waals surface area contributed by atoms with E-state index in [4.69, 9.17) is 4.74 Å². The van der Waals surface area contributed by atoms with E-state index in [2.05, 4.69) is 18.8 Å². The molecule has 2 rings (SSSR count). The van der Waals surface area contributed by atoms with Crippen LogP contribution in [-0.4, -0.2) is 22.2 Å². The summed E-state index contributed by atoms with van der Waals surface area (Å²) >= 11 is 0. The zero-order valence-corrected chi connectivity index (χ0v) is 12.6. The number of nitrogens with zero attached hydrogens (tertiary/aromatic N) is 1. The highest BCUT2D eigenvalue weighted by atomic mass is 16.5. The summed E-state index contributed by atoms with van der Waals surface area (Å²) in [7, 11) is 0. The highest BCUT2D eigenvalue weighted by Gasteiger charge is 2.27. The van der Waals surface area contributed by atoms with Crippen molar-refractivity contribution in [3.05, 3.63) is 22.9 Å². The summed E-state index contributed by atoms with van der Waals surface area (Å²) < 4.78 is 5.96. The van der Waals surface area contributed by atoms with E-state index in [1.807, 2.05) is 6.92 Å². The standard InChI is InChI=1S/C16H23NO3/c1-9-5-10(2)7-13(6-9)20-15-14(16(18)19)11(3)8-12(4)17-15/h8-10,13H,5-7H2,1-4H3,(H,18,19). The number of pyridine rings is 1. The van der Waals surface area contributed by atoms with Gasteiger partial charge in [-0.05, 0) is 56.6 Å². The molecule has 2 unspecified atom stereocenters. The molecule has 1 heterocycles. The Morgan fingerprint density at radius 3 is 2.40 bits per heavy atom. The Labute approximate surface area is 120 Å². The molecule has 20 heavy (non-hydrogen) atoms. The van der Waals surface area contributed by atoms with E-state index in [1.54, 1.807) is 13.0 Å². The van der Waals surface area contributed by atoms with Crippen LogP contribution in [-0.2, 0) is 0 Å². The van der Waals surface area contributed by atoms with Gasteiger partial charge in [0.15, 0.2) is 0 Å². The first-order valence-electron chi connectivity index (χ1n) is 7.25. The molecular formula is C16H23NO3. The van der Waals surface area contributed by atoms with Crippen LogP contribution in [0.25, 0.3) is 0 Å². The molecular weight excluding hydrogens is 254 g/mol. The van der Waals surface area contributed by atoms with Crippen LogP contribution in [0.4, 0.5) is 0 Å². The maximum atomic E-state index is 11.4. The quantitative estimate of drug-likeness (QED) is 0.917. The van der Waals surface area contributed by atoms with Gasteiger partial charge in [-0.15, -0.1) is 0 Å². The van der Waals surface area contributed by atoms with Gasteiger partial charge >= 0.3 is 5.97 Å². The van der Waals surface area contributed by atoms with Gasteiger partial charge in [-0.25, -0.2) is 9.78 Å². The summed E-state index contributed by atoms with van der Waals surface area (Å²) in [5.41, 5.74) is 1.69. The second kappa shape index (κ2) is 5.81. The molecule has 0 aromatic carbocycles. The Morgan fingerprint density at radius 2 is 1.85 bits per heavy atom. The number of aromatic nitrogens is 1. The van der Waals surface area contributed by atoms with Crippen molar-refractivity contribution < 1.29 is 14.6 Å². The molecule has 1 aliphatic rings. The molecule has 0 bridgehead atoms. The van der Waals surface area contributed by atoms with Gasteiger partial charge in [0.2, 0.25) is 5.88 Å². The summed E-state index contributed by atoms with van der Waals surface area (Å²) in [6.07, 6.45) is 3.22. The number of hydrogen-bond donors (Lipinski definition) is 1. The Kier molecular flexibility index (Phi) is 4.31. The average Bonchev–Trinajstić information content (AvgIpc) is 2.25. The van der Waals surface area contributed by atoms with Gasteiger partial charge < -0.3 is 9.84 Å². The maximum Gasteiger partial charge on any atom is 0.341 e. The molecule has 1 aromatic rings. The van der Waals surface area contributed by atoms with Crippen molar-refractivity contribution in [3.63, 3.8) is 0 Å². The fraction of sp³-hybridized carbons (Fsp3) is 0.625. The lowest BCUT2D eigenvalue weighted by Crippen LogP contribution is -2.29. The normalized spacial score (nSPS) is 26.3. The Morgan fingerprint density at radius 1 is 1.25 bits per heavy atom. The van der Waals surface area contributed by atoms with Crippen LogP contribution >= 0.6 is 0 Å². The fourth-order valence-electron chi connectivity index (χ4n) is 3.28. The maximum absolute atomic E-state index is 11.4. The van der Waals surface area contributed by atoms with Crippen LogP contribution in [0.5, 0.6) is 5.88 Å². The Balaban J connectivity index is 2.26. The third-order valence-corrected chi connectivity index (χ3v) is 3.94. The molecule has 4 nitrogen and oxygen atoms in total. The Bertz CT molecular complexity index is 503. The second-order valence-corrected chi connectivity index (χ2v) is 6.22. The van der Waals surface area contributed by atoms with Crippen molar-refractivity contribution in [2.75, 3.05) is 0 Å². The summed E-state index contributed by atoms with van der Waals surface area (Å²) in [5.74, 6) is 0.536. The molecule has 0 amide bonds. The summed E-state index contributed by atoms with van der Waals surface area (Å²) in [6.45, 7) is 8.09. The van der Waals surface area contributed by atoms with Crippen LogP contribution in [0.3, 0.4) is 0 Å². The largest absolute Gasteiger partial charge is 0.477 e. The van der Waals surface area contributed by atoms with Gasteiger partial charge in [0.25, 0.3) is 0 Å². The SMILES string of the molecule is Cc1cc(C)c(C(=O)O)c(OC2CC(C)CC(C)C2)n1. The van der Waals surface area contributed by atoms with Crippen LogP contribution in [0.1, 0.15) is 54.7 Å². The number of aromatic carboxylic acids is 1. The zero-order chi connectivity index (χ0) is 14.9. The fourth-order valence-corrected chi connectivity index (χ4v) is 3.28. The topological polar surface area (TPSA) is 59.4 Å².